The third kappa shape index (κ3) is 4.68. The maximum absolute atomic E-state index is 13.7. The van der Waals surface area contributed by atoms with Gasteiger partial charge in [0.15, 0.2) is 0 Å². The van der Waals surface area contributed by atoms with E-state index in [4.69, 9.17) is 4.74 Å². The summed E-state index contributed by atoms with van der Waals surface area (Å²) < 4.78 is 174. The van der Waals surface area contributed by atoms with Crippen LogP contribution in [0.5, 0.6) is 0 Å². The molecule has 28 heavy (non-hydrogen) atoms. The van der Waals surface area contributed by atoms with E-state index in [9.17, 15) is 57.1 Å². The molecule has 168 valence electrons. The summed E-state index contributed by atoms with van der Waals surface area (Å²) in [6.07, 6.45) is -6.85. The minimum absolute atomic E-state index is 0.500. The van der Waals surface area contributed by atoms with Gasteiger partial charge in [-0.25, -0.2) is 0 Å². The van der Waals surface area contributed by atoms with Gasteiger partial charge < -0.3 is 4.74 Å². The molecule has 0 radical (unpaired) electrons. The molecular formula is C13H14F13OP. The van der Waals surface area contributed by atoms with Crippen LogP contribution in [0.3, 0.4) is 0 Å². The minimum atomic E-state index is -7.90. The normalized spacial score (nSPS) is 17.1. The predicted molar refractivity (Wildman–Crippen MR) is 74.1 cm³/mol. The second-order valence-electron chi connectivity index (χ2n) is 6.57. The van der Waals surface area contributed by atoms with Crippen LogP contribution in [0.4, 0.5) is 57.1 Å². The molecule has 1 nitrogen and oxygen atoms in total. The zero-order valence-electron chi connectivity index (χ0n) is 14.3. The van der Waals surface area contributed by atoms with Crippen LogP contribution >= 0.6 is 8.20 Å². The second-order valence-corrected chi connectivity index (χ2v) is 7.51. The van der Waals surface area contributed by atoms with E-state index in [-0.39, 0.29) is 0 Å². The van der Waals surface area contributed by atoms with Crippen molar-refractivity contribution in [3.63, 3.8) is 0 Å². The summed E-state index contributed by atoms with van der Waals surface area (Å²) >= 11 is 0. The fraction of sp³-hybridized carbons (Fsp3) is 0.923. The molecule has 0 aliphatic carbocycles. The maximum atomic E-state index is 13.7. The van der Waals surface area contributed by atoms with E-state index in [1.54, 1.807) is 0 Å². The number of hydrogen-bond donors (Lipinski definition) is 0. The van der Waals surface area contributed by atoms with Crippen molar-refractivity contribution in [1.82, 2.24) is 0 Å². The highest BCUT2D eigenvalue weighted by molar-refractivity contribution is 7.37. The Morgan fingerprint density at radius 3 is 1.32 bits per heavy atom. The first-order valence-electron chi connectivity index (χ1n) is 6.98. The van der Waals surface area contributed by atoms with Gasteiger partial charge in [0.05, 0.1) is 12.0 Å². The molecule has 0 aromatic carbocycles. The Bertz CT molecular complexity index is 562. The first-order chi connectivity index (χ1) is 11.9. The van der Waals surface area contributed by atoms with E-state index in [0.29, 0.717) is 0 Å². The monoisotopic (exact) mass is 464 g/mol. The lowest BCUT2D eigenvalue weighted by Gasteiger charge is -2.40. The molecule has 0 aliphatic rings. The van der Waals surface area contributed by atoms with Crippen molar-refractivity contribution in [2.24, 2.45) is 0 Å². The standard InChI is InChI=1S/C13H14F13OP/c1-7(2,3)27-6(28-4)5-8(14,15)9(16,17)10(18,19)11(20,21)12(22,23)13(24,25)26/h6H,4-5H2,1-3H3. The first kappa shape index (κ1) is 27.2. The van der Waals surface area contributed by atoms with Crippen LogP contribution < -0.4 is 0 Å². The van der Waals surface area contributed by atoms with Gasteiger partial charge in [-0.15, -0.1) is 0 Å². The van der Waals surface area contributed by atoms with Gasteiger partial charge in [-0.2, -0.15) is 57.1 Å². The topological polar surface area (TPSA) is 9.23 Å². The van der Waals surface area contributed by atoms with Gasteiger partial charge >= 0.3 is 35.8 Å². The molecule has 0 N–H and O–H groups in total. The quantitative estimate of drug-likeness (QED) is 0.289. The third-order valence-corrected chi connectivity index (χ3v) is 3.82. The number of alkyl halides is 13. The van der Waals surface area contributed by atoms with E-state index >= 15 is 0 Å². The van der Waals surface area contributed by atoms with Crippen molar-refractivity contribution in [3.05, 3.63) is 0 Å². The Balaban J connectivity index is 6.14. The molecule has 0 bridgehead atoms. The van der Waals surface area contributed by atoms with Crippen molar-refractivity contribution in [2.75, 3.05) is 0 Å². The van der Waals surface area contributed by atoms with Crippen LogP contribution in [-0.2, 0) is 4.74 Å². The van der Waals surface area contributed by atoms with Crippen LogP contribution in [0, 0.1) is 0 Å². The molecule has 0 fully saturated rings. The van der Waals surface area contributed by atoms with Gasteiger partial charge in [0, 0.05) is 0 Å². The summed E-state index contributed by atoms with van der Waals surface area (Å²) in [6, 6.07) is 0. The summed E-state index contributed by atoms with van der Waals surface area (Å²) in [6.45, 7) is 3.65. The summed E-state index contributed by atoms with van der Waals surface area (Å²) in [7, 11) is -0.500. The summed E-state index contributed by atoms with van der Waals surface area (Å²) in [5, 5.41) is 0. The number of rotatable bonds is 8. The van der Waals surface area contributed by atoms with Gasteiger partial charge in [0.1, 0.15) is 5.85 Å². The molecule has 0 rings (SSSR count). The molecule has 0 amide bonds. The average Bonchev–Trinajstić information content (AvgIpc) is 2.42. The zero-order chi connectivity index (χ0) is 23.2. The Morgan fingerprint density at radius 2 is 1.04 bits per heavy atom. The fourth-order valence-electron chi connectivity index (χ4n) is 1.70. The van der Waals surface area contributed by atoms with Crippen molar-refractivity contribution in [2.45, 2.75) is 74.4 Å². The molecule has 15 heteroatoms. The lowest BCUT2D eigenvalue weighted by Crippen LogP contribution is -2.70. The fourth-order valence-corrected chi connectivity index (χ4v) is 2.45. The highest BCUT2D eigenvalue weighted by atomic mass is 31.1. The molecule has 0 aromatic heterocycles. The number of hydrogen-bond acceptors (Lipinski definition) is 1. The molecule has 0 saturated carbocycles. The van der Waals surface area contributed by atoms with E-state index in [0.717, 1.165) is 0 Å². The molecule has 0 aromatic rings. The highest BCUT2D eigenvalue weighted by Gasteiger charge is 2.90. The van der Waals surface area contributed by atoms with Gasteiger partial charge in [-0.1, -0.05) is 14.5 Å². The van der Waals surface area contributed by atoms with Gasteiger partial charge in [0.2, 0.25) is 0 Å². The Labute approximate surface area is 152 Å². The molecule has 0 saturated heterocycles. The van der Waals surface area contributed by atoms with Gasteiger partial charge in [-0.3, -0.25) is 0 Å². The Kier molecular flexibility index (Phi) is 7.27. The molecule has 0 spiro atoms. The molecule has 0 aliphatic heterocycles. The van der Waals surface area contributed by atoms with Crippen molar-refractivity contribution < 1.29 is 61.8 Å². The molecule has 1 atom stereocenters. The first-order valence-corrected chi connectivity index (χ1v) is 8.13. The van der Waals surface area contributed by atoms with Gasteiger partial charge in [-0.05, 0) is 20.8 Å². The SMILES string of the molecule is C=PC(CC(F)(F)C(F)(F)C(F)(F)C(F)(F)C(F)(F)C(F)(F)F)OC(C)(C)C. The second kappa shape index (κ2) is 7.48. The summed E-state index contributed by atoms with van der Waals surface area (Å²) in [4.78, 5) is 0. The van der Waals surface area contributed by atoms with E-state index < -0.39 is 61.9 Å². The number of ether oxygens (including phenoxy) is 1. The lowest BCUT2D eigenvalue weighted by atomic mass is 9.92. The molecule has 1 unspecified atom stereocenters. The largest absolute Gasteiger partial charge is 0.460 e. The van der Waals surface area contributed by atoms with E-state index in [1.165, 1.54) is 20.8 Å². The minimum Gasteiger partial charge on any atom is -0.364 e. The summed E-state index contributed by atoms with van der Waals surface area (Å²) in [5.74, 6) is -38.9. The maximum Gasteiger partial charge on any atom is 0.460 e. The average molecular weight is 464 g/mol. The Hall–Kier alpha value is -0.780. The lowest BCUT2D eigenvalue weighted by molar-refractivity contribution is -0.440. The van der Waals surface area contributed by atoms with Crippen molar-refractivity contribution in [1.29, 1.82) is 0 Å². The predicted octanol–water partition coefficient (Wildman–Crippen LogP) is 6.63. The van der Waals surface area contributed by atoms with Crippen molar-refractivity contribution in [3.8, 4) is 0 Å². The highest BCUT2D eigenvalue weighted by Crippen LogP contribution is 2.61. The van der Waals surface area contributed by atoms with Crippen LogP contribution in [-0.4, -0.2) is 53.5 Å². The number of halogens is 13. The van der Waals surface area contributed by atoms with Crippen LogP contribution in [0.25, 0.3) is 0 Å². The van der Waals surface area contributed by atoms with Crippen molar-refractivity contribution >= 4 is 14.5 Å². The summed E-state index contributed by atoms with van der Waals surface area (Å²) in [5.41, 5.74) is -1.32. The van der Waals surface area contributed by atoms with Gasteiger partial charge in [0.25, 0.3) is 0 Å². The smallest absolute Gasteiger partial charge is 0.364 e. The van der Waals surface area contributed by atoms with E-state index in [2.05, 4.69) is 6.30 Å². The van der Waals surface area contributed by atoms with Crippen LogP contribution in [0.15, 0.2) is 0 Å². The zero-order valence-corrected chi connectivity index (χ0v) is 15.2. The Morgan fingerprint density at radius 1 is 0.679 bits per heavy atom. The van der Waals surface area contributed by atoms with Crippen LogP contribution in [0.2, 0.25) is 0 Å². The third-order valence-electron chi connectivity index (χ3n) is 3.12. The van der Waals surface area contributed by atoms with Crippen LogP contribution in [0.1, 0.15) is 27.2 Å². The van der Waals surface area contributed by atoms with E-state index in [1.807, 2.05) is 0 Å². The molecule has 0 heterocycles. The molecular weight excluding hydrogens is 450 g/mol.